The van der Waals surface area contributed by atoms with E-state index in [9.17, 15) is 10.2 Å². The number of hydrogen-bond acceptors (Lipinski definition) is 5. The summed E-state index contributed by atoms with van der Waals surface area (Å²) in [5, 5.41) is 32.7. The van der Waals surface area contributed by atoms with E-state index in [2.05, 4.69) is 10.3 Å². The summed E-state index contributed by atoms with van der Waals surface area (Å²) in [7, 11) is 0. The Balaban J connectivity index is 1.69. The number of hydrogen-bond donors (Lipinski definition) is 5. The first-order chi connectivity index (χ1) is 12.7. The van der Waals surface area contributed by atoms with Crippen molar-refractivity contribution in [1.29, 1.82) is 0 Å². The molecule has 0 saturated heterocycles. The van der Waals surface area contributed by atoms with Gasteiger partial charge in [0.05, 0.1) is 6.61 Å². The lowest BCUT2D eigenvalue weighted by atomic mass is 10.0. The molecule has 2 unspecified atom stereocenters. The third kappa shape index (κ3) is 3.06. The van der Waals surface area contributed by atoms with E-state index < -0.39 is 12.3 Å². The van der Waals surface area contributed by atoms with Gasteiger partial charge in [0.1, 0.15) is 18.5 Å². The highest BCUT2D eigenvalue weighted by Gasteiger charge is 2.23. The summed E-state index contributed by atoms with van der Waals surface area (Å²) in [6, 6.07) is 13.4. The monoisotopic (exact) mass is 352 g/mol. The number of benzene rings is 2. The van der Waals surface area contributed by atoms with Crippen molar-refractivity contribution >= 4 is 28.2 Å². The fourth-order valence-corrected chi connectivity index (χ4v) is 3.13. The minimum absolute atomic E-state index is 0.0266. The number of rotatable bonds is 5. The molecule has 5 N–H and O–H groups in total. The molecule has 1 aliphatic heterocycles. The lowest BCUT2D eigenvalue weighted by Gasteiger charge is -2.10. The standard InChI is InChI=1S/C20H20N2O4/c23-10-13(24)11-26-14-5-6-18-16(8-14)12(9-21-18)7-17-15-3-1-2-4-19(15)22-20(17)25/h1-9,13,20-25H,10-11H2. The van der Waals surface area contributed by atoms with Crippen molar-refractivity contribution in [3.8, 4) is 5.75 Å². The van der Waals surface area contributed by atoms with Gasteiger partial charge in [0, 0.05) is 39.5 Å². The molecule has 0 aliphatic carbocycles. The first-order valence-corrected chi connectivity index (χ1v) is 8.44. The van der Waals surface area contributed by atoms with Crippen LogP contribution in [0.4, 0.5) is 5.69 Å². The number of anilines is 1. The van der Waals surface area contributed by atoms with E-state index >= 15 is 0 Å². The Labute approximate surface area is 150 Å². The number of aromatic nitrogens is 1. The van der Waals surface area contributed by atoms with Crippen LogP contribution in [-0.2, 0) is 0 Å². The van der Waals surface area contributed by atoms with E-state index in [-0.39, 0.29) is 13.2 Å². The maximum atomic E-state index is 10.3. The molecule has 3 aromatic rings. The second-order valence-electron chi connectivity index (χ2n) is 6.29. The average molecular weight is 352 g/mol. The van der Waals surface area contributed by atoms with Crippen molar-refractivity contribution in [2.24, 2.45) is 0 Å². The van der Waals surface area contributed by atoms with Gasteiger partial charge in [-0.2, -0.15) is 0 Å². The molecule has 1 aliphatic rings. The van der Waals surface area contributed by atoms with E-state index in [1.165, 1.54) is 0 Å². The first kappa shape index (κ1) is 16.7. The fourth-order valence-electron chi connectivity index (χ4n) is 3.13. The topological polar surface area (TPSA) is 97.7 Å². The number of fused-ring (bicyclic) bond motifs is 2. The maximum Gasteiger partial charge on any atom is 0.151 e. The second kappa shape index (κ2) is 6.84. The summed E-state index contributed by atoms with van der Waals surface area (Å²) < 4.78 is 5.53. The van der Waals surface area contributed by atoms with Crippen LogP contribution in [0.3, 0.4) is 0 Å². The fraction of sp³-hybridized carbons (Fsp3) is 0.200. The van der Waals surface area contributed by atoms with Gasteiger partial charge in [-0.3, -0.25) is 0 Å². The summed E-state index contributed by atoms with van der Waals surface area (Å²) in [5.74, 6) is 0.606. The van der Waals surface area contributed by atoms with E-state index in [0.717, 1.165) is 33.3 Å². The third-order valence-electron chi connectivity index (χ3n) is 4.47. The quantitative estimate of drug-likeness (QED) is 0.485. The van der Waals surface area contributed by atoms with Gasteiger partial charge in [-0.1, -0.05) is 18.2 Å². The van der Waals surface area contributed by atoms with E-state index in [0.29, 0.717) is 5.75 Å². The van der Waals surface area contributed by atoms with Crippen molar-refractivity contribution < 1.29 is 20.1 Å². The molecule has 6 nitrogen and oxygen atoms in total. The Morgan fingerprint density at radius 2 is 2.04 bits per heavy atom. The van der Waals surface area contributed by atoms with E-state index in [4.69, 9.17) is 9.84 Å². The Morgan fingerprint density at radius 1 is 1.19 bits per heavy atom. The predicted octanol–water partition coefficient (Wildman–Crippen LogP) is 2.18. The lowest BCUT2D eigenvalue weighted by Crippen LogP contribution is -2.21. The largest absolute Gasteiger partial charge is 0.491 e. The number of para-hydroxylation sites is 1. The minimum Gasteiger partial charge on any atom is -0.491 e. The maximum absolute atomic E-state index is 10.3. The number of aliphatic hydroxyl groups excluding tert-OH is 3. The summed E-state index contributed by atoms with van der Waals surface area (Å²) >= 11 is 0. The van der Waals surface area contributed by atoms with Crippen LogP contribution in [0.2, 0.25) is 0 Å². The number of ether oxygens (including phenoxy) is 1. The highest BCUT2D eigenvalue weighted by atomic mass is 16.5. The Morgan fingerprint density at radius 3 is 2.88 bits per heavy atom. The van der Waals surface area contributed by atoms with Crippen molar-refractivity contribution in [1.82, 2.24) is 4.98 Å². The molecule has 0 amide bonds. The van der Waals surface area contributed by atoms with Gasteiger partial charge in [0.25, 0.3) is 0 Å². The van der Waals surface area contributed by atoms with Gasteiger partial charge in [-0.25, -0.2) is 0 Å². The van der Waals surface area contributed by atoms with Gasteiger partial charge >= 0.3 is 0 Å². The summed E-state index contributed by atoms with van der Waals surface area (Å²) in [4.78, 5) is 3.21. The normalized spacial score (nSPS) is 18.7. The van der Waals surface area contributed by atoms with Crippen LogP contribution in [-0.4, -0.2) is 45.8 Å². The molecule has 6 heteroatoms. The average Bonchev–Trinajstić information content (AvgIpc) is 3.21. The van der Waals surface area contributed by atoms with Crippen molar-refractivity contribution in [3.05, 3.63) is 59.8 Å². The molecular formula is C20H20N2O4. The van der Waals surface area contributed by atoms with Gasteiger partial charge < -0.3 is 30.4 Å². The van der Waals surface area contributed by atoms with Crippen LogP contribution in [0, 0.1) is 0 Å². The van der Waals surface area contributed by atoms with Crippen LogP contribution in [0.1, 0.15) is 11.1 Å². The third-order valence-corrected chi connectivity index (χ3v) is 4.47. The second-order valence-corrected chi connectivity index (χ2v) is 6.29. The molecule has 0 bridgehead atoms. The molecule has 134 valence electrons. The number of aromatic amines is 1. The summed E-state index contributed by atoms with van der Waals surface area (Å²) in [6.07, 6.45) is 2.18. The number of aliphatic hydroxyl groups is 3. The molecule has 26 heavy (non-hydrogen) atoms. The Hall–Kier alpha value is -2.80. The zero-order valence-corrected chi connectivity index (χ0v) is 14.0. The Bertz CT molecular complexity index is 963. The van der Waals surface area contributed by atoms with Gasteiger partial charge in [0.15, 0.2) is 6.23 Å². The molecule has 0 fully saturated rings. The van der Waals surface area contributed by atoms with E-state index in [1.54, 1.807) is 6.07 Å². The minimum atomic E-state index is -0.908. The van der Waals surface area contributed by atoms with Crippen molar-refractivity contribution in [2.45, 2.75) is 12.3 Å². The predicted molar refractivity (Wildman–Crippen MR) is 101 cm³/mol. The van der Waals surface area contributed by atoms with Crippen LogP contribution < -0.4 is 10.1 Å². The van der Waals surface area contributed by atoms with Crippen LogP contribution >= 0.6 is 0 Å². The van der Waals surface area contributed by atoms with Crippen LogP contribution in [0.5, 0.6) is 5.75 Å². The Kier molecular flexibility index (Phi) is 4.38. The molecule has 2 atom stereocenters. The number of H-pyrrole nitrogens is 1. The van der Waals surface area contributed by atoms with Crippen LogP contribution in [0.15, 0.2) is 48.7 Å². The van der Waals surface area contributed by atoms with E-state index in [1.807, 2.05) is 48.7 Å². The van der Waals surface area contributed by atoms with Gasteiger partial charge in [-0.15, -0.1) is 0 Å². The summed E-state index contributed by atoms with van der Waals surface area (Å²) in [5.41, 5.74) is 4.57. The smallest absolute Gasteiger partial charge is 0.151 e. The molecule has 0 radical (unpaired) electrons. The molecule has 2 aromatic carbocycles. The molecule has 2 heterocycles. The zero-order chi connectivity index (χ0) is 18.1. The van der Waals surface area contributed by atoms with Crippen molar-refractivity contribution in [3.63, 3.8) is 0 Å². The molecule has 0 spiro atoms. The number of nitrogens with one attached hydrogen (secondary N) is 2. The first-order valence-electron chi connectivity index (χ1n) is 8.44. The van der Waals surface area contributed by atoms with Gasteiger partial charge in [0.2, 0.25) is 0 Å². The molecule has 0 saturated carbocycles. The summed E-state index contributed by atoms with van der Waals surface area (Å²) in [6.45, 7) is -0.313. The molecule has 1 aromatic heterocycles. The van der Waals surface area contributed by atoms with Gasteiger partial charge in [-0.05, 0) is 30.3 Å². The highest BCUT2D eigenvalue weighted by molar-refractivity contribution is 5.99. The SMILES string of the molecule is OCC(O)COc1ccc2[nH]cc(C=C3c4ccccc4NC3O)c2c1. The highest BCUT2D eigenvalue weighted by Crippen LogP contribution is 2.36. The van der Waals surface area contributed by atoms with Crippen LogP contribution in [0.25, 0.3) is 22.6 Å². The molecule has 4 rings (SSSR count). The molecular weight excluding hydrogens is 332 g/mol. The zero-order valence-electron chi connectivity index (χ0n) is 14.0. The van der Waals surface area contributed by atoms with Crippen molar-refractivity contribution in [2.75, 3.05) is 18.5 Å². The lowest BCUT2D eigenvalue weighted by molar-refractivity contribution is 0.0536.